The molecule has 0 spiro atoms. The second kappa shape index (κ2) is 6.73. The highest BCUT2D eigenvalue weighted by Gasteiger charge is 2.15. The van der Waals surface area contributed by atoms with Crippen molar-refractivity contribution in [2.24, 2.45) is 0 Å². The molecule has 0 radical (unpaired) electrons. The first-order chi connectivity index (χ1) is 9.63. The summed E-state index contributed by atoms with van der Waals surface area (Å²) in [6.45, 7) is 2.90. The predicted molar refractivity (Wildman–Crippen MR) is 85.3 cm³/mol. The highest BCUT2D eigenvalue weighted by atomic mass is 35.5. The van der Waals surface area contributed by atoms with Crippen LogP contribution >= 0.6 is 11.6 Å². The van der Waals surface area contributed by atoms with Crippen molar-refractivity contribution in [3.63, 3.8) is 0 Å². The minimum absolute atomic E-state index is 0.168. The van der Waals surface area contributed by atoms with E-state index >= 15 is 0 Å². The highest BCUT2D eigenvalue weighted by Crippen LogP contribution is 2.28. The zero-order valence-electron chi connectivity index (χ0n) is 12.1. The van der Waals surface area contributed by atoms with E-state index in [2.05, 4.69) is 28.2 Å². The number of aromatic nitrogens is 1. The largest absolute Gasteiger partial charge is 0.353 e. The molecule has 1 N–H and O–H groups in total. The van der Waals surface area contributed by atoms with Crippen molar-refractivity contribution >= 4 is 17.4 Å². The van der Waals surface area contributed by atoms with Gasteiger partial charge in [0.25, 0.3) is 0 Å². The fourth-order valence-electron chi connectivity index (χ4n) is 2.16. The van der Waals surface area contributed by atoms with E-state index in [9.17, 15) is 0 Å². The third-order valence-electron chi connectivity index (χ3n) is 3.45. The van der Waals surface area contributed by atoms with Gasteiger partial charge in [0.1, 0.15) is 5.82 Å². The smallest absolute Gasteiger partial charge is 0.129 e. The van der Waals surface area contributed by atoms with Gasteiger partial charge in [0.2, 0.25) is 0 Å². The predicted octanol–water partition coefficient (Wildman–Crippen LogP) is 3.65. The first-order valence-corrected chi connectivity index (χ1v) is 7.09. The summed E-state index contributed by atoms with van der Waals surface area (Å²) in [5.74, 6) is 0.949. The van der Waals surface area contributed by atoms with Crippen molar-refractivity contribution in [2.45, 2.75) is 19.5 Å². The Kier molecular flexibility index (Phi) is 4.99. The Morgan fingerprint density at radius 2 is 1.95 bits per heavy atom. The van der Waals surface area contributed by atoms with E-state index in [1.54, 1.807) is 0 Å². The van der Waals surface area contributed by atoms with Gasteiger partial charge >= 0.3 is 0 Å². The molecule has 0 aliphatic carbocycles. The average molecular weight is 290 g/mol. The maximum atomic E-state index is 6.27. The van der Waals surface area contributed by atoms with Crippen molar-refractivity contribution < 1.29 is 0 Å². The number of benzene rings is 1. The van der Waals surface area contributed by atoms with Crippen LogP contribution in [-0.2, 0) is 6.54 Å². The molecule has 1 aromatic carbocycles. The number of rotatable bonds is 5. The minimum Gasteiger partial charge on any atom is -0.353 e. The van der Waals surface area contributed by atoms with Crippen molar-refractivity contribution in [1.29, 1.82) is 0 Å². The third-order valence-corrected chi connectivity index (χ3v) is 3.79. The Morgan fingerprint density at radius 3 is 2.65 bits per heavy atom. The fourth-order valence-corrected chi connectivity index (χ4v) is 2.46. The molecule has 2 rings (SSSR count). The summed E-state index contributed by atoms with van der Waals surface area (Å²) in [4.78, 5) is 6.80. The highest BCUT2D eigenvalue weighted by molar-refractivity contribution is 6.31. The number of hydrogen-bond acceptors (Lipinski definition) is 3. The normalized spacial score (nSPS) is 12.2. The van der Waals surface area contributed by atoms with E-state index in [0.717, 1.165) is 28.6 Å². The van der Waals surface area contributed by atoms with E-state index in [1.165, 1.54) is 0 Å². The first-order valence-electron chi connectivity index (χ1n) is 6.71. The molecule has 3 nitrogen and oxygen atoms in total. The molecule has 0 saturated carbocycles. The summed E-state index contributed by atoms with van der Waals surface area (Å²) in [6.07, 6.45) is 0. The van der Waals surface area contributed by atoms with Crippen LogP contribution in [0.25, 0.3) is 0 Å². The molecule has 4 heteroatoms. The van der Waals surface area contributed by atoms with Gasteiger partial charge < -0.3 is 10.2 Å². The van der Waals surface area contributed by atoms with Crippen molar-refractivity contribution in [1.82, 2.24) is 10.3 Å². The molecule has 0 aliphatic rings. The molecule has 20 heavy (non-hydrogen) atoms. The van der Waals surface area contributed by atoms with Crippen molar-refractivity contribution in [2.75, 3.05) is 19.0 Å². The molecule has 1 heterocycles. The van der Waals surface area contributed by atoms with Gasteiger partial charge in [-0.05, 0) is 37.7 Å². The van der Waals surface area contributed by atoms with Gasteiger partial charge in [-0.2, -0.15) is 0 Å². The molecule has 0 fully saturated rings. The van der Waals surface area contributed by atoms with Crippen LogP contribution < -0.4 is 10.2 Å². The Bertz CT molecular complexity index is 571. The number of nitrogens with one attached hydrogen (secondary N) is 1. The SMILES string of the molecule is CNCc1cccc(N(C)C(C)c2ccccc2Cl)n1. The number of anilines is 1. The van der Waals surface area contributed by atoms with Crippen LogP contribution in [0.5, 0.6) is 0 Å². The Balaban J connectivity index is 2.24. The Hall–Kier alpha value is -1.58. The summed E-state index contributed by atoms with van der Waals surface area (Å²) in [7, 11) is 3.96. The molecular formula is C16H20ClN3. The maximum absolute atomic E-state index is 6.27. The fraction of sp³-hybridized carbons (Fsp3) is 0.312. The lowest BCUT2D eigenvalue weighted by Crippen LogP contribution is -2.23. The van der Waals surface area contributed by atoms with Gasteiger partial charge in [0, 0.05) is 18.6 Å². The average Bonchev–Trinajstić information content (AvgIpc) is 2.47. The minimum atomic E-state index is 0.168. The van der Waals surface area contributed by atoms with Gasteiger partial charge in [0.15, 0.2) is 0 Å². The molecule has 1 unspecified atom stereocenters. The second-order valence-electron chi connectivity index (χ2n) is 4.83. The van der Waals surface area contributed by atoms with Gasteiger partial charge in [0.05, 0.1) is 11.7 Å². The first kappa shape index (κ1) is 14.8. The van der Waals surface area contributed by atoms with Gasteiger partial charge in [-0.1, -0.05) is 35.9 Å². The van der Waals surface area contributed by atoms with Crippen LogP contribution in [0, 0.1) is 0 Å². The van der Waals surface area contributed by atoms with Gasteiger partial charge in [-0.25, -0.2) is 4.98 Å². The van der Waals surface area contributed by atoms with Crippen LogP contribution in [0.4, 0.5) is 5.82 Å². The number of halogens is 1. The summed E-state index contributed by atoms with van der Waals surface area (Å²) < 4.78 is 0. The van der Waals surface area contributed by atoms with Crippen LogP contribution in [0.3, 0.4) is 0 Å². The lowest BCUT2D eigenvalue weighted by Gasteiger charge is -2.27. The number of pyridine rings is 1. The molecule has 0 bridgehead atoms. The molecule has 0 amide bonds. The standard InChI is InChI=1S/C16H20ClN3/c1-12(14-8-4-5-9-15(14)17)20(3)16-10-6-7-13(19-16)11-18-2/h4-10,12,18H,11H2,1-3H3. The second-order valence-corrected chi connectivity index (χ2v) is 5.23. The summed E-state index contributed by atoms with van der Waals surface area (Å²) in [6, 6.07) is 14.2. The zero-order chi connectivity index (χ0) is 14.5. The zero-order valence-corrected chi connectivity index (χ0v) is 12.9. The molecule has 1 atom stereocenters. The van der Waals surface area contributed by atoms with Crippen molar-refractivity contribution in [3.8, 4) is 0 Å². The molecule has 0 saturated heterocycles. The lowest BCUT2D eigenvalue weighted by molar-refractivity contribution is 0.719. The van der Waals surface area contributed by atoms with E-state index in [1.807, 2.05) is 50.5 Å². The van der Waals surface area contributed by atoms with Gasteiger partial charge in [-0.3, -0.25) is 0 Å². The van der Waals surface area contributed by atoms with Gasteiger partial charge in [-0.15, -0.1) is 0 Å². The van der Waals surface area contributed by atoms with Crippen LogP contribution in [0.2, 0.25) is 5.02 Å². The van der Waals surface area contributed by atoms with Crippen LogP contribution in [0.1, 0.15) is 24.2 Å². The molecule has 0 aliphatic heterocycles. The lowest BCUT2D eigenvalue weighted by atomic mass is 10.1. The molecular weight excluding hydrogens is 270 g/mol. The van der Waals surface area contributed by atoms with E-state index in [0.29, 0.717) is 0 Å². The Morgan fingerprint density at radius 1 is 1.20 bits per heavy atom. The van der Waals surface area contributed by atoms with E-state index < -0.39 is 0 Å². The molecule has 1 aromatic heterocycles. The molecule has 2 aromatic rings. The Labute approximate surface area is 125 Å². The quantitative estimate of drug-likeness (QED) is 0.911. The molecule has 106 valence electrons. The summed E-state index contributed by atoms with van der Waals surface area (Å²) in [5.41, 5.74) is 2.14. The number of nitrogens with zero attached hydrogens (tertiary/aromatic N) is 2. The van der Waals surface area contributed by atoms with E-state index in [4.69, 9.17) is 11.6 Å². The summed E-state index contributed by atoms with van der Waals surface area (Å²) in [5, 5.41) is 3.91. The van der Waals surface area contributed by atoms with E-state index in [-0.39, 0.29) is 6.04 Å². The topological polar surface area (TPSA) is 28.2 Å². The summed E-state index contributed by atoms with van der Waals surface area (Å²) >= 11 is 6.27. The third kappa shape index (κ3) is 3.30. The van der Waals surface area contributed by atoms with Crippen LogP contribution in [-0.4, -0.2) is 19.1 Å². The number of hydrogen-bond donors (Lipinski definition) is 1. The van der Waals surface area contributed by atoms with Crippen molar-refractivity contribution in [3.05, 3.63) is 58.7 Å². The monoisotopic (exact) mass is 289 g/mol. The van der Waals surface area contributed by atoms with Crippen LogP contribution in [0.15, 0.2) is 42.5 Å². The maximum Gasteiger partial charge on any atom is 0.129 e.